The Bertz CT molecular complexity index is 1000. The highest BCUT2D eigenvalue weighted by Gasteiger charge is 2.70. The molecule has 0 saturated carbocycles. The zero-order valence-electron chi connectivity index (χ0n) is 16.9. The SMILES string of the molecule is COC(=O)[C@]12C(c3ccc(Cl)cc3)N=CN(C)[C@@]1(C)NC(=S)N[C@H]2c1ccccc1. The smallest absolute Gasteiger partial charge is 0.321 e. The van der Waals surface area contributed by atoms with E-state index in [1.807, 2.05) is 61.3 Å². The van der Waals surface area contributed by atoms with Gasteiger partial charge in [-0.05, 0) is 42.4 Å². The Hall–Kier alpha value is -2.64. The highest BCUT2D eigenvalue weighted by Crippen LogP contribution is 2.58. The molecule has 4 rings (SSSR count). The van der Waals surface area contributed by atoms with Gasteiger partial charge in [-0.25, -0.2) is 0 Å². The first-order valence-corrected chi connectivity index (χ1v) is 10.4. The van der Waals surface area contributed by atoms with Crippen LogP contribution < -0.4 is 10.6 Å². The number of thiocarbonyl (C=S) groups is 1. The Kier molecular flexibility index (Phi) is 5.20. The summed E-state index contributed by atoms with van der Waals surface area (Å²) in [6.07, 6.45) is 1.74. The van der Waals surface area contributed by atoms with Crippen molar-refractivity contribution in [3.63, 3.8) is 0 Å². The summed E-state index contributed by atoms with van der Waals surface area (Å²) in [5.74, 6) is -0.384. The molecular weight excluding hydrogens is 420 g/mol. The molecule has 1 saturated heterocycles. The third-order valence-electron chi connectivity index (χ3n) is 6.26. The largest absolute Gasteiger partial charge is 0.468 e. The maximum Gasteiger partial charge on any atom is 0.321 e. The van der Waals surface area contributed by atoms with Crippen molar-refractivity contribution in [2.24, 2.45) is 10.4 Å². The van der Waals surface area contributed by atoms with Crippen molar-refractivity contribution in [2.45, 2.75) is 24.7 Å². The Labute approximate surface area is 186 Å². The summed E-state index contributed by atoms with van der Waals surface area (Å²) >= 11 is 11.7. The average Bonchev–Trinajstić information content (AvgIpc) is 2.75. The number of benzene rings is 2. The van der Waals surface area contributed by atoms with E-state index in [9.17, 15) is 4.79 Å². The summed E-state index contributed by atoms with van der Waals surface area (Å²) in [6.45, 7) is 1.96. The minimum Gasteiger partial charge on any atom is -0.468 e. The number of nitrogens with one attached hydrogen (secondary N) is 2. The monoisotopic (exact) mass is 442 g/mol. The summed E-state index contributed by atoms with van der Waals surface area (Å²) in [5.41, 5.74) is -0.308. The lowest BCUT2D eigenvalue weighted by Crippen LogP contribution is -2.79. The Morgan fingerprint density at radius 1 is 1.17 bits per heavy atom. The Morgan fingerprint density at radius 2 is 1.83 bits per heavy atom. The van der Waals surface area contributed by atoms with Crippen LogP contribution in [0.5, 0.6) is 0 Å². The van der Waals surface area contributed by atoms with E-state index in [0.29, 0.717) is 10.1 Å². The molecule has 8 heteroatoms. The van der Waals surface area contributed by atoms with Gasteiger partial charge in [0.15, 0.2) is 10.5 Å². The van der Waals surface area contributed by atoms with Crippen LogP contribution in [0.2, 0.25) is 5.02 Å². The number of carbonyl (C=O) groups is 1. The molecule has 2 aromatic carbocycles. The maximum absolute atomic E-state index is 13.7. The van der Waals surface area contributed by atoms with Gasteiger partial charge in [0, 0.05) is 12.1 Å². The number of carbonyl (C=O) groups excluding carboxylic acids is 1. The molecule has 4 atom stereocenters. The van der Waals surface area contributed by atoms with E-state index in [2.05, 4.69) is 10.6 Å². The lowest BCUT2D eigenvalue weighted by molar-refractivity contribution is -0.172. The molecule has 2 N–H and O–H groups in total. The molecule has 0 aromatic heterocycles. The van der Waals surface area contributed by atoms with Crippen LogP contribution in [0.25, 0.3) is 0 Å². The molecule has 1 fully saturated rings. The van der Waals surface area contributed by atoms with Crippen molar-refractivity contribution < 1.29 is 9.53 Å². The van der Waals surface area contributed by atoms with E-state index in [1.54, 1.807) is 18.5 Å². The fourth-order valence-electron chi connectivity index (χ4n) is 4.67. The first-order chi connectivity index (χ1) is 14.3. The molecule has 0 amide bonds. The number of aliphatic imine (C=N–C) groups is 1. The van der Waals surface area contributed by atoms with Crippen molar-refractivity contribution in [1.29, 1.82) is 0 Å². The van der Waals surface area contributed by atoms with Gasteiger partial charge in [-0.15, -0.1) is 0 Å². The zero-order valence-corrected chi connectivity index (χ0v) is 18.5. The van der Waals surface area contributed by atoms with Gasteiger partial charge in [0.05, 0.1) is 25.5 Å². The van der Waals surface area contributed by atoms with Gasteiger partial charge in [0.1, 0.15) is 5.66 Å². The van der Waals surface area contributed by atoms with E-state index in [0.717, 1.165) is 11.1 Å². The highest BCUT2D eigenvalue weighted by molar-refractivity contribution is 7.80. The van der Waals surface area contributed by atoms with Crippen LogP contribution >= 0.6 is 23.8 Å². The van der Waals surface area contributed by atoms with Crippen molar-refractivity contribution in [1.82, 2.24) is 15.5 Å². The standard InChI is InChI=1S/C22H23ClN4O2S/c1-21-22(19(28)29-3,18(25-20(30)26-21)14-7-5-4-6-8-14)17(24-13-27(21)2)15-9-11-16(23)12-10-15/h4-13,17-18H,1-3H3,(H2,25,26,30)/t17?,18-,21+,22+/m0/s1. The second-order valence-electron chi connectivity index (χ2n) is 7.70. The molecule has 30 heavy (non-hydrogen) atoms. The maximum atomic E-state index is 13.7. The molecule has 0 radical (unpaired) electrons. The highest BCUT2D eigenvalue weighted by atomic mass is 35.5. The molecule has 2 aliphatic rings. The predicted molar refractivity (Wildman–Crippen MR) is 121 cm³/mol. The fourth-order valence-corrected chi connectivity index (χ4v) is 5.12. The molecular formula is C22H23ClN4O2S. The second kappa shape index (κ2) is 7.56. The first-order valence-electron chi connectivity index (χ1n) is 9.58. The number of rotatable bonds is 3. The molecule has 2 heterocycles. The molecule has 2 aliphatic heterocycles. The Morgan fingerprint density at radius 3 is 2.47 bits per heavy atom. The van der Waals surface area contributed by atoms with Gasteiger partial charge in [-0.1, -0.05) is 54.1 Å². The van der Waals surface area contributed by atoms with Crippen molar-refractivity contribution >= 4 is 41.2 Å². The van der Waals surface area contributed by atoms with Crippen LogP contribution in [0.4, 0.5) is 0 Å². The lowest BCUT2D eigenvalue weighted by atomic mass is 9.59. The van der Waals surface area contributed by atoms with Gasteiger partial charge in [-0.3, -0.25) is 9.79 Å². The van der Waals surface area contributed by atoms with Crippen LogP contribution in [0.1, 0.15) is 30.1 Å². The number of fused-ring (bicyclic) bond motifs is 1. The molecule has 0 bridgehead atoms. The number of methoxy groups -OCH3 is 1. The van der Waals surface area contributed by atoms with Gasteiger partial charge in [0.25, 0.3) is 0 Å². The summed E-state index contributed by atoms with van der Waals surface area (Å²) < 4.78 is 5.44. The molecule has 1 unspecified atom stereocenters. The normalized spacial score (nSPS) is 30.1. The summed E-state index contributed by atoms with van der Waals surface area (Å²) in [6, 6.07) is 16.2. The second-order valence-corrected chi connectivity index (χ2v) is 8.55. The van der Waals surface area contributed by atoms with E-state index >= 15 is 0 Å². The van der Waals surface area contributed by atoms with E-state index in [1.165, 1.54) is 7.11 Å². The number of hydrogen-bond donors (Lipinski definition) is 2. The number of hydrogen-bond acceptors (Lipinski definition) is 5. The first kappa shape index (κ1) is 20.6. The van der Waals surface area contributed by atoms with Crippen molar-refractivity contribution in [3.05, 3.63) is 70.7 Å². The molecule has 0 aliphatic carbocycles. The van der Waals surface area contributed by atoms with E-state index in [-0.39, 0.29) is 5.97 Å². The number of halogens is 1. The lowest BCUT2D eigenvalue weighted by Gasteiger charge is -2.61. The zero-order chi connectivity index (χ0) is 21.5. The topological polar surface area (TPSA) is 66.0 Å². The minimum absolute atomic E-state index is 0.384. The quantitative estimate of drug-likeness (QED) is 0.560. The van der Waals surface area contributed by atoms with Gasteiger partial charge < -0.3 is 20.3 Å². The molecule has 6 nitrogen and oxygen atoms in total. The number of ether oxygens (including phenoxy) is 1. The van der Waals surface area contributed by atoms with Gasteiger partial charge in [0.2, 0.25) is 0 Å². The van der Waals surface area contributed by atoms with Crippen LogP contribution in [-0.4, -0.2) is 42.1 Å². The van der Waals surface area contributed by atoms with Crippen LogP contribution in [0.15, 0.2) is 59.6 Å². The third-order valence-corrected chi connectivity index (χ3v) is 6.73. The minimum atomic E-state index is -1.18. The fraction of sp³-hybridized carbons (Fsp3) is 0.318. The van der Waals surface area contributed by atoms with Crippen molar-refractivity contribution in [3.8, 4) is 0 Å². The average molecular weight is 443 g/mol. The summed E-state index contributed by atoms with van der Waals surface area (Å²) in [7, 11) is 3.28. The van der Waals surface area contributed by atoms with E-state index in [4.69, 9.17) is 33.5 Å². The third kappa shape index (κ3) is 2.87. The van der Waals surface area contributed by atoms with E-state index < -0.39 is 23.2 Å². The van der Waals surface area contributed by atoms with Crippen LogP contribution in [-0.2, 0) is 9.53 Å². The predicted octanol–water partition coefficient (Wildman–Crippen LogP) is 3.45. The number of nitrogens with zero attached hydrogens (tertiary/aromatic N) is 2. The number of esters is 1. The molecule has 2 aromatic rings. The molecule has 156 valence electrons. The van der Waals surface area contributed by atoms with Gasteiger partial charge in [-0.2, -0.15) is 0 Å². The molecule has 0 spiro atoms. The summed E-state index contributed by atoms with van der Waals surface area (Å²) in [5, 5.41) is 7.76. The van der Waals surface area contributed by atoms with Crippen molar-refractivity contribution in [2.75, 3.05) is 14.2 Å². The Balaban J connectivity index is 2.04. The summed E-state index contributed by atoms with van der Waals surface area (Å²) in [4.78, 5) is 20.4. The van der Waals surface area contributed by atoms with Crippen LogP contribution in [0.3, 0.4) is 0 Å². The van der Waals surface area contributed by atoms with Crippen LogP contribution in [0, 0.1) is 5.41 Å². The van der Waals surface area contributed by atoms with Gasteiger partial charge >= 0.3 is 5.97 Å².